The predicted molar refractivity (Wildman–Crippen MR) is 49.3 cm³/mol. The average Bonchev–Trinajstić information content (AvgIpc) is 2.16. The molecule has 0 unspecified atom stereocenters. The van der Waals surface area contributed by atoms with E-state index in [0.29, 0.717) is 16.3 Å². The molecule has 0 aliphatic rings. The number of methoxy groups -OCH3 is 2. The number of carbonyl (C=O) groups excluding carboxylic acids is 1. The van der Waals surface area contributed by atoms with E-state index in [2.05, 4.69) is 4.74 Å². The van der Waals surface area contributed by atoms with Gasteiger partial charge in [0.05, 0.1) is 14.2 Å². The van der Waals surface area contributed by atoms with Gasteiger partial charge in [-0.05, 0) is 18.2 Å². The third-order valence-electron chi connectivity index (χ3n) is 1.57. The van der Waals surface area contributed by atoms with Gasteiger partial charge in [0.2, 0.25) is 0 Å². The standard InChI is InChI=1S/C9H9ClO3/c1-12-8-4-3-6(10)5-7(8)9(11)13-2/h3-5H,1-2H3. The Morgan fingerprint density at radius 3 is 2.62 bits per heavy atom. The highest BCUT2D eigenvalue weighted by Crippen LogP contribution is 2.22. The average molecular weight is 201 g/mol. The number of hydrogen-bond acceptors (Lipinski definition) is 3. The topological polar surface area (TPSA) is 35.5 Å². The highest BCUT2D eigenvalue weighted by Gasteiger charge is 2.12. The van der Waals surface area contributed by atoms with Crippen LogP contribution in [0.3, 0.4) is 0 Å². The molecule has 0 saturated heterocycles. The molecule has 0 spiro atoms. The molecule has 4 heteroatoms. The van der Waals surface area contributed by atoms with E-state index in [0.717, 1.165) is 0 Å². The second-order valence-electron chi connectivity index (χ2n) is 2.34. The van der Waals surface area contributed by atoms with Crippen molar-refractivity contribution in [2.75, 3.05) is 14.2 Å². The van der Waals surface area contributed by atoms with Crippen LogP contribution in [-0.2, 0) is 4.74 Å². The number of rotatable bonds is 2. The Bertz CT molecular complexity index is 323. The number of halogens is 1. The van der Waals surface area contributed by atoms with Crippen molar-refractivity contribution in [2.24, 2.45) is 0 Å². The zero-order valence-electron chi connectivity index (χ0n) is 7.33. The summed E-state index contributed by atoms with van der Waals surface area (Å²) in [6.45, 7) is 0. The van der Waals surface area contributed by atoms with Gasteiger partial charge < -0.3 is 9.47 Å². The molecule has 0 amide bonds. The summed E-state index contributed by atoms with van der Waals surface area (Å²) >= 11 is 5.71. The first kappa shape index (κ1) is 9.86. The van der Waals surface area contributed by atoms with Crippen molar-refractivity contribution < 1.29 is 14.3 Å². The molecule has 0 heterocycles. The van der Waals surface area contributed by atoms with E-state index in [1.54, 1.807) is 12.1 Å². The van der Waals surface area contributed by atoms with Crippen LogP contribution in [0.25, 0.3) is 0 Å². The van der Waals surface area contributed by atoms with Crippen LogP contribution in [0.1, 0.15) is 10.4 Å². The lowest BCUT2D eigenvalue weighted by Crippen LogP contribution is -2.03. The summed E-state index contributed by atoms with van der Waals surface area (Å²) in [4.78, 5) is 11.2. The number of ether oxygens (including phenoxy) is 2. The van der Waals surface area contributed by atoms with Crippen LogP contribution in [0.5, 0.6) is 5.75 Å². The maximum atomic E-state index is 11.2. The summed E-state index contributed by atoms with van der Waals surface area (Å²) in [5.74, 6) is -0.00407. The van der Waals surface area contributed by atoms with Gasteiger partial charge in [-0.3, -0.25) is 0 Å². The molecule has 0 aromatic heterocycles. The lowest BCUT2D eigenvalue weighted by Gasteiger charge is -2.06. The predicted octanol–water partition coefficient (Wildman–Crippen LogP) is 2.14. The maximum absolute atomic E-state index is 11.2. The van der Waals surface area contributed by atoms with Crippen molar-refractivity contribution in [3.8, 4) is 5.75 Å². The van der Waals surface area contributed by atoms with Gasteiger partial charge >= 0.3 is 5.97 Å². The number of benzene rings is 1. The van der Waals surface area contributed by atoms with Gasteiger partial charge in [-0.15, -0.1) is 0 Å². The summed E-state index contributed by atoms with van der Waals surface area (Å²) in [7, 11) is 2.79. The molecule has 1 aromatic carbocycles. The minimum atomic E-state index is -0.459. The first-order chi connectivity index (χ1) is 6.19. The number of esters is 1. The molecular formula is C9H9ClO3. The van der Waals surface area contributed by atoms with Crippen molar-refractivity contribution in [3.63, 3.8) is 0 Å². The van der Waals surface area contributed by atoms with Gasteiger partial charge in [0.1, 0.15) is 11.3 Å². The zero-order valence-corrected chi connectivity index (χ0v) is 8.09. The zero-order chi connectivity index (χ0) is 9.84. The normalized spacial score (nSPS) is 9.46. The highest BCUT2D eigenvalue weighted by atomic mass is 35.5. The SMILES string of the molecule is COC(=O)c1cc(Cl)ccc1OC. The molecule has 0 saturated carbocycles. The third kappa shape index (κ3) is 2.12. The Kier molecular flexibility index (Phi) is 3.14. The van der Waals surface area contributed by atoms with Crippen molar-refractivity contribution in [2.45, 2.75) is 0 Å². The van der Waals surface area contributed by atoms with E-state index in [9.17, 15) is 4.79 Å². The molecule has 0 radical (unpaired) electrons. The molecule has 0 bridgehead atoms. The summed E-state index contributed by atoms with van der Waals surface area (Å²) in [5.41, 5.74) is 0.331. The van der Waals surface area contributed by atoms with Gasteiger partial charge in [-0.2, -0.15) is 0 Å². The monoisotopic (exact) mass is 200 g/mol. The van der Waals surface area contributed by atoms with Crippen LogP contribution in [0, 0.1) is 0 Å². The van der Waals surface area contributed by atoms with E-state index in [1.165, 1.54) is 20.3 Å². The highest BCUT2D eigenvalue weighted by molar-refractivity contribution is 6.31. The fourth-order valence-electron chi connectivity index (χ4n) is 0.950. The Hall–Kier alpha value is -1.22. The Balaban J connectivity index is 3.15. The quantitative estimate of drug-likeness (QED) is 0.687. The van der Waals surface area contributed by atoms with E-state index in [1.807, 2.05) is 0 Å². The third-order valence-corrected chi connectivity index (χ3v) is 1.80. The van der Waals surface area contributed by atoms with E-state index in [4.69, 9.17) is 16.3 Å². The Morgan fingerprint density at radius 2 is 2.08 bits per heavy atom. The molecule has 1 rings (SSSR count). The first-order valence-corrected chi connectivity index (χ1v) is 3.98. The largest absolute Gasteiger partial charge is 0.496 e. The molecule has 0 N–H and O–H groups in total. The second-order valence-corrected chi connectivity index (χ2v) is 2.77. The van der Waals surface area contributed by atoms with E-state index in [-0.39, 0.29) is 0 Å². The van der Waals surface area contributed by atoms with Crippen molar-refractivity contribution in [1.82, 2.24) is 0 Å². The van der Waals surface area contributed by atoms with Crippen LogP contribution in [0.4, 0.5) is 0 Å². The smallest absolute Gasteiger partial charge is 0.341 e. The van der Waals surface area contributed by atoms with E-state index >= 15 is 0 Å². The summed E-state index contributed by atoms with van der Waals surface area (Å²) in [5, 5.41) is 0.473. The van der Waals surface area contributed by atoms with Crippen molar-refractivity contribution in [3.05, 3.63) is 28.8 Å². The van der Waals surface area contributed by atoms with Crippen LogP contribution < -0.4 is 4.74 Å². The van der Waals surface area contributed by atoms with Gasteiger partial charge in [0, 0.05) is 5.02 Å². The minimum absolute atomic E-state index is 0.331. The summed E-state index contributed by atoms with van der Waals surface area (Å²) < 4.78 is 9.52. The van der Waals surface area contributed by atoms with Gasteiger partial charge in [-0.25, -0.2) is 4.79 Å². The van der Waals surface area contributed by atoms with Crippen molar-refractivity contribution in [1.29, 1.82) is 0 Å². The number of hydrogen-bond donors (Lipinski definition) is 0. The Labute approximate surface area is 81.2 Å². The van der Waals surface area contributed by atoms with Crippen molar-refractivity contribution >= 4 is 17.6 Å². The van der Waals surface area contributed by atoms with Crippen LogP contribution in [-0.4, -0.2) is 20.2 Å². The Morgan fingerprint density at radius 1 is 1.38 bits per heavy atom. The van der Waals surface area contributed by atoms with Gasteiger partial charge in [0.25, 0.3) is 0 Å². The molecule has 0 fully saturated rings. The summed E-state index contributed by atoms with van der Waals surface area (Å²) in [6.07, 6.45) is 0. The molecular weight excluding hydrogens is 192 g/mol. The van der Waals surface area contributed by atoms with E-state index < -0.39 is 5.97 Å². The molecule has 3 nitrogen and oxygen atoms in total. The van der Waals surface area contributed by atoms with Gasteiger partial charge in [-0.1, -0.05) is 11.6 Å². The first-order valence-electron chi connectivity index (χ1n) is 3.61. The maximum Gasteiger partial charge on any atom is 0.341 e. The molecule has 0 atom stereocenters. The lowest BCUT2D eigenvalue weighted by molar-refractivity contribution is 0.0597. The lowest BCUT2D eigenvalue weighted by atomic mass is 10.2. The fraction of sp³-hybridized carbons (Fsp3) is 0.222. The van der Waals surface area contributed by atoms with Crippen LogP contribution in [0.15, 0.2) is 18.2 Å². The molecule has 70 valence electrons. The summed E-state index contributed by atoms with van der Waals surface area (Å²) in [6, 6.07) is 4.77. The van der Waals surface area contributed by atoms with Crippen LogP contribution in [0.2, 0.25) is 5.02 Å². The molecule has 13 heavy (non-hydrogen) atoms. The fourth-order valence-corrected chi connectivity index (χ4v) is 1.12. The van der Waals surface area contributed by atoms with Gasteiger partial charge in [0.15, 0.2) is 0 Å². The molecule has 1 aromatic rings. The second kappa shape index (κ2) is 4.14. The van der Waals surface area contributed by atoms with Crippen LogP contribution >= 0.6 is 11.6 Å². The number of carbonyl (C=O) groups is 1. The molecule has 0 aliphatic heterocycles. The molecule has 0 aliphatic carbocycles. The minimum Gasteiger partial charge on any atom is -0.496 e.